The second-order valence-electron chi connectivity index (χ2n) is 12.9. The fourth-order valence-corrected chi connectivity index (χ4v) is 6.28. The summed E-state index contributed by atoms with van der Waals surface area (Å²) in [6, 6.07) is 9.32. The molecule has 3 aliphatic rings. The van der Waals surface area contributed by atoms with Crippen molar-refractivity contribution in [2.75, 3.05) is 39.5 Å². The van der Waals surface area contributed by atoms with E-state index in [1.807, 2.05) is 0 Å². The molecule has 264 valence electrons. The normalized spacial score (nSPS) is 17.1. The number of hydrogen-bond donors (Lipinski definition) is 0. The summed E-state index contributed by atoms with van der Waals surface area (Å²) in [4.78, 5) is 16.2. The molecule has 1 aromatic heterocycles. The quantitative estimate of drug-likeness (QED) is 0.0792. The minimum absolute atomic E-state index is 0.0237. The van der Waals surface area contributed by atoms with E-state index in [0.717, 1.165) is 57.7 Å². The summed E-state index contributed by atoms with van der Waals surface area (Å²) < 4.78 is 55.9. The lowest BCUT2D eigenvalue weighted by atomic mass is 10.0. The number of alkyl halides is 2. The first-order valence-corrected chi connectivity index (χ1v) is 17.6. The van der Waals surface area contributed by atoms with E-state index in [2.05, 4.69) is 4.90 Å². The van der Waals surface area contributed by atoms with Crippen molar-refractivity contribution < 1.29 is 42.0 Å². The van der Waals surface area contributed by atoms with Gasteiger partial charge in [-0.1, -0.05) is 35.7 Å². The van der Waals surface area contributed by atoms with Crippen LogP contribution in [-0.2, 0) is 11.2 Å². The number of rotatable bonds is 17. The molecule has 3 aromatic rings. The second kappa shape index (κ2) is 16.4. The molecule has 0 bridgehead atoms. The van der Waals surface area contributed by atoms with Gasteiger partial charge in [-0.2, -0.15) is 13.5 Å². The maximum absolute atomic E-state index is 13.8. The number of hydrogen-bond acceptors (Lipinski definition) is 8. The molecule has 0 spiro atoms. The summed E-state index contributed by atoms with van der Waals surface area (Å²) in [6.07, 6.45) is 9.09. The Kier molecular flexibility index (Phi) is 11.8. The number of ether oxygens (including phenoxy) is 5. The Morgan fingerprint density at radius 1 is 0.857 bits per heavy atom. The van der Waals surface area contributed by atoms with Crippen LogP contribution in [0.25, 0.3) is 0 Å². The van der Waals surface area contributed by atoms with Crippen LogP contribution in [0.15, 0.2) is 48.8 Å². The maximum atomic E-state index is 13.8. The number of likely N-dealkylation sites (tertiary alicyclic amines) is 1. The molecule has 2 aliphatic carbocycles. The van der Waals surface area contributed by atoms with Crippen molar-refractivity contribution in [3.63, 3.8) is 0 Å². The Morgan fingerprint density at radius 3 is 2.12 bits per heavy atom. The van der Waals surface area contributed by atoms with Gasteiger partial charge in [-0.3, -0.25) is 4.90 Å². The number of pyridine rings is 1. The molecule has 9 nitrogen and oxygen atoms in total. The van der Waals surface area contributed by atoms with Crippen molar-refractivity contribution in [3.8, 4) is 23.0 Å². The SMILES string of the molecule is O=C(OC(Cc1c(Cl)c[n+]([O-])cc1Cl)c1ccc(OC(F)F)c(OCC2CC2)c1)c1ccc(OCCN2CCCCC2)c(OCC2CC2)c1. The summed E-state index contributed by atoms with van der Waals surface area (Å²) in [6.45, 7) is 1.21. The molecule has 2 saturated carbocycles. The highest BCUT2D eigenvalue weighted by atomic mass is 35.5. The van der Waals surface area contributed by atoms with Crippen LogP contribution in [-0.4, -0.2) is 56.9 Å². The average molecular weight is 722 g/mol. The summed E-state index contributed by atoms with van der Waals surface area (Å²) in [7, 11) is 0. The number of piperidine rings is 1. The van der Waals surface area contributed by atoms with Crippen molar-refractivity contribution in [1.82, 2.24) is 4.90 Å². The highest BCUT2D eigenvalue weighted by molar-refractivity contribution is 6.35. The summed E-state index contributed by atoms with van der Waals surface area (Å²) in [5, 5.41) is 12.1. The second-order valence-corrected chi connectivity index (χ2v) is 13.7. The molecule has 0 amide bonds. The van der Waals surface area contributed by atoms with Gasteiger partial charge in [0, 0.05) is 18.5 Å². The monoisotopic (exact) mass is 720 g/mol. The zero-order valence-corrected chi connectivity index (χ0v) is 28.6. The maximum Gasteiger partial charge on any atom is 0.387 e. The van der Waals surface area contributed by atoms with Crippen LogP contribution in [0.4, 0.5) is 8.78 Å². The molecule has 1 atom stereocenters. The lowest BCUT2D eigenvalue weighted by Gasteiger charge is -2.26. The first-order valence-electron chi connectivity index (χ1n) is 16.8. The molecule has 1 unspecified atom stereocenters. The summed E-state index contributed by atoms with van der Waals surface area (Å²) in [5.74, 6) is 1.10. The molecule has 0 radical (unpaired) electrons. The molecule has 0 N–H and O–H groups in total. The molecular formula is C36H40Cl2F2N2O7. The molecule has 6 rings (SSSR count). The fourth-order valence-electron chi connectivity index (χ4n) is 5.69. The van der Waals surface area contributed by atoms with E-state index in [1.165, 1.54) is 37.5 Å². The van der Waals surface area contributed by atoms with Crippen molar-refractivity contribution in [2.24, 2.45) is 11.8 Å². The molecule has 13 heteroatoms. The van der Waals surface area contributed by atoms with Crippen LogP contribution < -0.4 is 23.7 Å². The molecular weight excluding hydrogens is 681 g/mol. The molecule has 2 heterocycles. The zero-order chi connectivity index (χ0) is 34.3. The Morgan fingerprint density at radius 2 is 1.49 bits per heavy atom. The van der Waals surface area contributed by atoms with E-state index in [4.69, 9.17) is 46.9 Å². The summed E-state index contributed by atoms with van der Waals surface area (Å²) in [5.41, 5.74) is 1.02. The number of aromatic nitrogens is 1. The number of esters is 1. The largest absolute Gasteiger partial charge is 0.619 e. The van der Waals surface area contributed by atoms with Gasteiger partial charge in [-0.05, 0) is 99.3 Å². The number of carbonyl (C=O) groups excluding carboxylic acids is 1. The lowest BCUT2D eigenvalue weighted by Crippen LogP contribution is -2.33. The first-order chi connectivity index (χ1) is 23.7. The Bertz CT molecular complexity index is 1580. The number of halogens is 4. The topological polar surface area (TPSA) is 93.4 Å². The van der Waals surface area contributed by atoms with E-state index < -0.39 is 18.7 Å². The van der Waals surface area contributed by atoms with E-state index in [9.17, 15) is 18.8 Å². The predicted molar refractivity (Wildman–Crippen MR) is 179 cm³/mol. The van der Waals surface area contributed by atoms with Gasteiger partial charge >= 0.3 is 12.6 Å². The fraction of sp³-hybridized carbons (Fsp3) is 0.500. The van der Waals surface area contributed by atoms with Crippen molar-refractivity contribution in [1.29, 1.82) is 0 Å². The number of benzene rings is 2. The lowest BCUT2D eigenvalue weighted by molar-refractivity contribution is -0.605. The van der Waals surface area contributed by atoms with Crippen LogP contribution >= 0.6 is 23.2 Å². The van der Waals surface area contributed by atoms with Gasteiger partial charge in [0.1, 0.15) is 22.8 Å². The van der Waals surface area contributed by atoms with E-state index in [0.29, 0.717) is 59.0 Å². The van der Waals surface area contributed by atoms with Gasteiger partial charge in [-0.15, -0.1) is 0 Å². The summed E-state index contributed by atoms with van der Waals surface area (Å²) >= 11 is 12.8. The van der Waals surface area contributed by atoms with E-state index >= 15 is 0 Å². The molecule has 3 fully saturated rings. The van der Waals surface area contributed by atoms with Crippen molar-refractivity contribution >= 4 is 29.2 Å². The van der Waals surface area contributed by atoms with Gasteiger partial charge in [0.2, 0.25) is 0 Å². The molecule has 2 aromatic carbocycles. The minimum atomic E-state index is -3.06. The Hall–Kier alpha value is -3.54. The highest BCUT2D eigenvalue weighted by Crippen LogP contribution is 2.39. The van der Waals surface area contributed by atoms with Gasteiger partial charge in [-0.25, -0.2) is 4.79 Å². The van der Waals surface area contributed by atoms with Crippen LogP contribution in [0, 0.1) is 17.0 Å². The average Bonchev–Trinajstić information content (AvgIpc) is 4.01. The third kappa shape index (κ3) is 10.2. The molecule has 49 heavy (non-hydrogen) atoms. The van der Waals surface area contributed by atoms with Crippen LogP contribution in [0.2, 0.25) is 10.0 Å². The van der Waals surface area contributed by atoms with Crippen molar-refractivity contribution in [2.45, 2.75) is 64.1 Å². The van der Waals surface area contributed by atoms with Gasteiger partial charge in [0.25, 0.3) is 0 Å². The highest BCUT2D eigenvalue weighted by Gasteiger charge is 2.28. The standard InChI is InChI=1S/C36H40Cl2F2N2O7/c37-28-19-42(44)20-29(38)27(28)18-32(25-8-11-31(49-36(39)40)34(16-25)47-22-24-6-7-24)48-35(43)26-9-10-30(33(17-26)46-21-23-4-5-23)45-15-14-41-12-2-1-3-13-41/h8-11,16-17,19-20,23-24,32,36H,1-7,12-15,18,21-22H2. The number of nitrogens with zero attached hydrogens (tertiary/aromatic N) is 2. The van der Waals surface area contributed by atoms with E-state index in [-0.39, 0.29) is 33.5 Å². The van der Waals surface area contributed by atoms with Gasteiger partial charge in [0.05, 0.1) is 18.8 Å². The molecule has 1 aliphatic heterocycles. The first kappa shape index (κ1) is 35.3. The molecule has 1 saturated heterocycles. The zero-order valence-electron chi connectivity index (χ0n) is 27.1. The predicted octanol–water partition coefficient (Wildman–Crippen LogP) is 7.81. The van der Waals surface area contributed by atoms with E-state index in [1.54, 1.807) is 18.2 Å². The third-order valence-corrected chi connectivity index (χ3v) is 9.54. The Labute approximate surface area is 294 Å². The third-order valence-electron chi connectivity index (χ3n) is 8.89. The van der Waals surface area contributed by atoms with Crippen LogP contribution in [0.5, 0.6) is 23.0 Å². The Balaban J connectivity index is 1.25. The van der Waals surface area contributed by atoms with Gasteiger partial charge in [0.15, 0.2) is 35.4 Å². The minimum Gasteiger partial charge on any atom is -0.619 e. The number of carbonyl (C=O) groups is 1. The van der Waals surface area contributed by atoms with Crippen LogP contribution in [0.1, 0.15) is 72.5 Å². The van der Waals surface area contributed by atoms with Gasteiger partial charge < -0.3 is 28.9 Å². The van der Waals surface area contributed by atoms with Crippen molar-refractivity contribution in [3.05, 3.63) is 80.7 Å². The van der Waals surface area contributed by atoms with Crippen LogP contribution in [0.3, 0.4) is 0 Å². The smallest absolute Gasteiger partial charge is 0.387 e.